The van der Waals surface area contributed by atoms with Crippen LogP contribution in [0.2, 0.25) is 0 Å². The largest absolute Gasteiger partial charge is 0.372 e. The quantitative estimate of drug-likeness (QED) is 0.817. The molecule has 0 radical (unpaired) electrons. The molecule has 1 aliphatic heterocycles. The van der Waals surface area contributed by atoms with Gasteiger partial charge in [0.15, 0.2) is 0 Å². The highest BCUT2D eigenvalue weighted by atomic mass is 32.2. The molecule has 0 aliphatic carbocycles. The van der Waals surface area contributed by atoms with Crippen LogP contribution in [0.3, 0.4) is 0 Å². The van der Waals surface area contributed by atoms with Gasteiger partial charge in [0, 0.05) is 45.6 Å². The Morgan fingerprint density at radius 1 is 1.36 bits per heavy atom. The summed E-state index contributed by atoms with van der Waals surface area (Å²) < 4.78 is 33.9. The fourth-order valence-corrected chi connectivity index (χ4v) is 4.10. The lowest BCUT2D eigenvalue weighted by molar-refractivity contribution is -0.00633. The fraction of sp³-hybridized carbons (Fsp3) is 0.692. The lowest BCUT2D eigenvalue weighted by Crippen LogP contribution is -2.49. The van der Waals surface area contributed by atoms with Crippen LogP contribution in [0.1, 0.15) is 25.6 Å². The van der Waals surface area contributed by atoms with Crippen LogP contribution in [0.25, 0.3) is 0 Å². The molecule has 8 nitrogen and oxygen atoms in total. The second kappa shape index (κ2) is 7.32. The molecule has 2 rings (SSSR count). The third-order valence-corrected chi connectivity index (χ3v) is 5.81. The predicted molar refractivity (Wildman–Crippen MR) is 83.7 cm³/mol. The lowest BCUT2D eigenvalue weighted by Gasteiger charge is -2.35. The molecule has 1 aromatic heterocycles. The third kappa shape index (κ3) is 3.37. The number of hydrogen-bond acceptors (Lipinski definition) is 6. The van der Waals surface area contributed by atoms with Crippen LogP contribution < -0.4 is 5.32 Å². The van der Waals surface area contributed by atoms with Crippen LogP contribution in [0.15, 0.2) is 12.4 Å². The molecular weight excluding hydrogens is 306 g/mol. The molecule has 0 spiro atoms. The Morgan fingerprint density at radius 3 is 2.68 bits per heavy atom. The predicted octanol–water partition coefficient (Wildman–Crippen LogP) is 0.478. The van der Waals surface area contributed by atoms with Gasteiger partial charge in [-0.05, 0) is 0 Å². The van der Waals surface area contributed by atoms with Crippen molar-refractivity contribution >= 4 is 16.0 Å². The molecular formula is C13H23N5O3S. The van der Waals surface area contributed by atoms with E-state index in [9.17, 15) is 8.42 Å². The van der Waals surface area contributed by atoms with E-state index in [2.05, 4.69) is 15.3 Å². The van der Waals surface area contributed by atoms with E-state index in [1.165, 1.54) is 8.61 Å². The maximum Gasteiger partial charge on any atom is 0.282 e. The van der Waals surface area contributed by atoms with E-state index in [0.29, 0.717) is 37.8 Å². The fourth-order valence-electron chi connectivity index (χ4n) is 2.49. The third-order valence-electron chi connectivity index (χ3n) is 3.66. The second-order valence-corrected chi connectivity index (χ2v) is 6.78. The van der Waals surface area contributed by atoms with Gasteiger partial charge in [-0.3, -0.25) is 4.98 Å². The van der Waals surface area contributed by atoms with Gasteiger partial charge in [-0.15, -0.1) is 0 Å². The molecule has 1 atom stereocenters. The average Bonchev–Trinajstić information content (AvgIpc) is 2.55. The first-order valence-corrected chi connectivity index (χ1v) is 8.79. The van der Waals surface area contributed by atoms with Crippen molar-refractivity contribution in [1.82, 2.24) is 18.6 Å². The monoisotopic (exact) mass is 329 g/mol. The Kier molecular flexibility index (Phi) is 5.68. The number of anilines is 1. The lowest BCUT2D eigenvalue weighted by atomic mass is 10.2. The first kappa shape index (κ1) is 17.1. The highest BCUT2D eigenvalue weighted by molar-refractivity contribution is 7.86. The van der Waals surface area contributed by atoms with Crippen LogP contribution in [0.4, 0.5) is 5.82 Å². The summed E-state index contributed by atoms with van der Waals surface area (Å²) in [7, 11) is -1.72. The highest BCUT2D eigenvalue weighted by Crippen LogP contribution is 2.26. The van der Waals surface area contributed by atoms with Crippen molar-refractivity contribution in [2.24, 2.45) is 0 Å². The van der Waals surface area contributed by atoms with Gasteiger partial charge in [0.25, 0.3) is 10.2 Å². The minimum Gasteiger partial charge on any atom is -0.372 e. The molecule has 0 amide bonds. The Labute approximate surface area is 131 Å². The molecule has 9 heteroatoms. The molecule has 1 aromatic rings. The van der Waals surface area contributed by atoms with Crippen molar-refractivity contribution in [2.45, 2.75) is 20.0 Å². The summed E-state index contributed by atoms with van der Waals surface area (Å²) in [5.74, 6) is 0.606. The van der Waals surface area contributed by atoms with E-state index in [-0.39, 0.29) is 6.54 Å². The van der Waals surface area contributed by atoms with Crippen molar-refractivity contribution in [3.63, 3.8) is 0 Å². The molecule has 0 unspecified atom stereocenters. The van der Waals surface area contributed by atoms with E-state index in [1.54, 1.807) is 19.4 Å². The Hall–Kier alpha value is -1.29. The van der Waals surface area contributed by atoms with E-state index < -0.39 is 16.3 Å². The van der Waals surface area contributed by atoms with Crippen molar-refractivity contribution in [1.29, 1.82) is 0 Å². The van der Waals surface area contributed by atoms with E-state index in [0.717, 1.165) is 0 Å². The zero-order valence-electron chi connectivity index (χ0n) is 13.2. The zero-order chi connectivity index (χ0) is 16.2. The standard InChI is InChI=1S/C13H23N5O3S/c1-4-17(5-2)22(19,20)18-8-9-21-11(10-18)12-13(14-3)16-7-6-15-12/h6-7,11H,4-5,8-10H2,1-3H3,(H,14,16)/t11-/m0/s1. The van der Waals surface area contributed by atoms with E-state index >= 15 is 0 Å². The van der Waals surface area contributed by atoms with Crippen LogP contribution in [-0.4, -0.2) is 66.8 Å². The van der Waals surface area contributed by atoms with Gasteiger partial charge in [0.2, 0.25) is 0 Å². The zero-order valence-corrected chi connectivity index (χ0v) is 14.0. The van der Waals surface area contributed by atoms with Gasteiger partial charge < -0.3 is 10.1 Å². The number of nitrogens with zero attached hydrogens (tertiary/aromatic N) is 4. The maximum absolute atomic E-state index is 12.6. The minimum absolute atomic E-state index is 0.242. The van der Waals surface area contributed by atoms with E-state index in [1.807, 2.05) is 13.8 Å². The molecule has 22 heavy (non-hydrogen) atoms. The number of nitrogens with one attached hydrogen (secondary N) is 1. The Bertz CT molecular complexity index is 591. The SMILES string of the molecule is CCN(CC)S(=O)(=O)N1CCO[C@H](c2nccnc2NC)C1. The van der Waals surface area contributed by atoms with Crippen LogP contribution >= 0.6 is 0 Å². The molecule has 2 heterocycles. The van der Waals surface area contributed by atoms with Gasteiger partial charge in [0.05, 0.1) is 6.61 Å². The van der Waals surface area contributed by atoms with Gasteiger partial charge in [-0.2, -0.15) is 17.0 Å². The number of rotatable bonds is 6. The summed E-state index contributed by atoms with van der Waals surface area (Å²) in [5.41, 5.74) is 0.629. The number of aromatic nitrogens is 2. The molecule has 0 saturated carbocycles. The first-order chi connectivity index (χ1) is 10.5. The normalized spacial score (nSPS) is 20.3. The summed E-state index contributed by atoms with van der Waals surface area (Å²) in [6.45, 7) is 5.50. The van der Waals surface area contributed by atoms with Gasteiger partial charge in [-0.25, -0.2) is 4.98 Å². The summed E-state index contributed by atoms with van der Waals surface area (Å²) >= 11 is 0. The Balaban J connectivity index is 2.22. The highest BCUT2D eigenvalue weighted by Gasteiger charge is 2.34. The molecule has 1 N–H and O–H groups in total. The molecule has 1 aliphatic rings. The number of hydrogen-bond donors (Lipinski definition) is 1. The smallest absolute Gasteiger partial charge is 0.282 e. The molecule has 1 fully saturated rings. The summed E-state index contributed by atoms with van der Waals surface area (Å²) in [6, 6.07) is 0. The summed E-state index contributed by atoms with van der Waals surface area (Å²) in [6.07, 6.45) is 2.75. The second-order valence-electron chi connectivity index (χ2n) is 4.85. The minimum atomic E-state index is -3.47. The Morgan fingerprint density at radius 2 is 2.05 bits per heavy atom. The molecule has 0 aromatic carbocycles. The maximum atomic E-state index is 12.6. The van der Waals surface area contributed by atoms with E-state index in [4.69, 9.17) is 4.74 Å². The number of ether oxygens (including phenoxy) is 1. The van der Waals surface area contributed by atoms with Crippen molar-refractivity contribution in [3.8, 4) is 0 Å². The summed E-state index contributed by atoms with van der Waals surface area (Å²) in [4.78, 5) is 8.48. The topological polar surface area (TPSA) is 87.7 Å². The molecule has 124 valence electrons. The number of morpholine rings is 1. The summed E-state index contributed by atoms with van der Waals surface area (Å²) in [5, 5.41) is 2.96. The van der Waals surface area contributed by atoms with Gasteiger partial charge >= 0.3 is 0 Å². The van der Waals surface area contributed by atoms with Gasteiger partial charge in [0.1, 0.15) is 17.6 Å². The van der Waals surface area contributed by atoms with Crippen molar-refractivity contribution < 1.29 is 13.2 Å². The van der Waals surface area contributed by atoms with Crippen LogP contribution in [0.5, 0.6) is 0 Å². The first-order valence-electron chi connectivity index (χ1n) is 7.40. The van der Waals surface area contributed by atoms with Crippen molar-refractivity contribution in [2.75, 3.05) is 45.2 Å². The molecule has 1 saturated heterocycles. The van der Waals surface area contributed by atoms with Gasteiger partial charge in [-0.1, -0.05) is 13.8 Å². The van der Waals surface area contributed by atoms with Crippen molar-refractivity contribution in [3.05, 3.63) is 18.1 Å². The average molecular weight is 329 g/mol. The molecule has 0 bridgehead atoms. The van der Waals surface area contributed by atoms with Crippen LogP contribution in [0, 0.1) is 0 Å². The van der Waals surface area contributed by atoms with Crippen LogP contribution in [-0.2, 0) is 14.9 Å².